The van der Waals surface area contributed by atoms with Gasteiger partial charge in [0.25, 0.3) is 0 Å². The van der Waals surface area contributed by atoms with Crippen LogP contribution in [0.25, 0.3) is 0 Å². The number of ether oxygens (including phenoxy) is 3. The standard InChI is InChI=1S/C22H37N3O3/c1-26-20-15-18(16-21(27-2)22(20)28-3)23-10-6-4-7-11-24-13-14-25-12-8-5-9-19(25)17-24/h15-16,19,23H,4-14,17H2,1-3H3. The largest absolute Gasteiger partial charge is 0.493 e. The molecule has 2 aliphatic rings. The van der Waals surface area contributed by atoms with Crippen LogP contribution >= 0.6 is 0 Å². The van der Waals surface area contributed by atoms with Crippen molar-refractivity contribution in [3.63, 3.8) is 0 Å². The van der Waals surface area contributed by atoms with Crippen LogP contribution in [0.4, 0.5) is 5.69 Å². The molecule has 0 spiro atoms. The second-order valence-corrected chi connectivity index (χ2v) is 7.89. The summed E-state index contributed by atoms with van der Waals surface area (Å²) in [5.41, 5.74) is 1.00. The summed E-state index contributed by atoms with van der Waals surface area (Å²) in [6, 6.07) is 4.75. The number of rotatable bonds is 10. The fourth-order valence-corrected chi connectivity index (χ4v) is 4.48. The smallest absolute Gasteiger partial charge is 0.203 e. The molecule has 6 nitrogen and oxygen atoms in total. The summed E-state index contributed by atoms with van der Waals surface area (Å²) in [5.74, 6) is 2.01. The van der Waals surface area contributed by atoms with E-state index in [2.05, 4.69) is 15.1 Å². The number of unbranched alkanes of at least 4 members (excludes halogenated alkanes) is 2. The van der Waals surface area contributed by atoms with Crippen molar-refractivity contribution in [3.05, 3.63) is 12.1 Å². The van der Waals surface area contributed by atoms with Crippen molar-refractivity contribution in [2.24, 2.45) is 0 Å². The maximum atomic E-state index is 5.42. The van der Waals surface area contributed by atoms with E-state index in [9.17, 15) is 0 Å². The number of benzene rings is 1. The van der Waals surface area contributed by atoms with Crippen molar-refractivity contribution < 1.29 is 14.2 Å². The van der Waals surface area contributed by atoms with E-state index in [-0.39, 0.29) is 0 Å². The molecule has 1 unspecified atom stereocenters. The van der Waals surface area contributed by atoms with Gasteiger partial charge in [0, 0.05) is 50.0 Å². The van der Waals surface area contributed by atoms with Crippen molar-refractivity contribution in [2.75, 3.05) is 65.9 Å². The fourth-order valence-electron chi connectivity index (χ4n) is 4.48. The van der Waals surface area contributed by atoms with Crippen molar-refractivity contribution in [3.8, 4) is 17.2 Å². The Morgan fingerprint density at radius 1 is 0.929 bits per heavy atom. The van der Waals surface area contributed by atoms with E-state index in [1.807, 2.05) is 12.1 Å². The lowest BCUT2D eigenvalue weighted by molar-refractivity contribution is 0.0487. The maximum absolute atomic E-state index is 5.42. The van der Waals surface area contributed by atoms with Crippen LogP contribution in [0.5, 0.6) is 17.2 Å². The van der Waals surface area contributed by atoms with Crippen LogP contribution in [-0.2, 0) is 0 Å². The number of fused-ring (bicyclic) bond motifs is 1. The number of hydrogen-bond donors (Lipinski definition) is 1. The number of hydrogen-bond acceptors (Lipinski definition) is 6. The van der Waals surface area contributed by atoms with Gasteiger partial charge in [-0.1, -0.05) is 12.8 Å². The molecule has 1 N–H and O–H groups in total. The molecule has 1 aromatic carbocycles. The second kappa shape index (κ2) is 10.8. The zero-order valence-electron chi connectivity index (χ0n) is 17.8. The van der Waals surface area contributed by atoms with Gasteiger partial charge >= 0.3 is 0 Å². The van der Waals surface area contributed by atoms with E-state index >= 15 is 0 Å². The molecule has 0 radical (unpaired) electrons. The first-order valence-electron chi connectivity index (χ1n) is 10.8. The van der Waals surface area contributed by atoms with E-state index in [4.69, 9.17) is 14.2 Å². The highest BCUT2D eigenvalue weighted by Crippen LogP contribution is 2.39. The average Bonchev–Trinajstić information content (AvgIpc) is 2.75. The highest BCUT2D eigenvalue weighted by atomic mass is 16.5. The van der Waals surface area contributed by atoms with E-state index in [1.165, 1.54) is 71.2 Å². The Balaban J connectivity index is 1.35. The number of nitrogens with one attached hydrogen (secondary N) is 1. The SMILES string of the molecule is COc1cc(NCCCCCN2CCN3CCCCC3C2)cc(OC)c1OC. The van der Waals surface area contributed by atoms with E-state index in [1.54, 1.807) is 21.3 Å². The molecule has 1 atom stereocenters. The first kappa shape index (κ1) is 21.1. The molecule has 6 heteroatoms. The second-order valence-electron chi connectivity index (χ2n) is 7.89. The summed E-state index contributed by atoms with van der Waals surface area (Å²) in [6.45, 7) is 7.33. The molecule has 3 rings (SSSR count). The topological polar surface area (TPSA) is 46.2 Å². The quantitative estimate of drug-likeness (QED) is 0.616. The number of piperazine rings is 1. The number of nitrogens with zero attached hydrogens (tertiary/aromatic N) is 2. The normalized spacial score (nSPS) is 20.5. The van der Waals surface area contributed by atoms with Gasteiger partial charge in [-0.05, 0) is 38.8 Å². The van der Waals surface area contributed by atoms with Crippen LogP contribution in [-0.4, -0.2) is 76.4 Å². The summed E-state index contributed by atoms with van der Waals surface area (Å²) in [5, 5.41) is 3.49. The van der Waals surface area contributed by atoms with Crippen molar-refractivity contribution >= 4 is 5.69 Å². The average molecular weight is 392 g/mol. The molecule has 1 aromatic rings. The van der Waals surface area contributed by atoms with Crippen LogP contribution in [0.15, 0.2) is 12.1 Å². The molecule has 2 saturated heterocycles. The predicted octanol–water partition coefficient (Wildman–Crippen LogP) is 3.46. The third kappa shape index (κ3) is 5.45. The number of methoxy groups -OCH3 is 3. The third-order valence-corrected chi connectivity index (χ3v) is 6.07. The lowest BCUT2D eigenvalue weighted by Crippen LogP contribution is -2.54. The minimum absolute atomic E-state index is 0.633. The molecule has 2 heterocycles. The molecule has 0 bridgehead atoms. The van der Waals surface area contributed by atoms with Gasteiger partial charge in [-0.25, -0.2) is 0 Å². The van der Waals surface area contributed by atoms with Crippen molar-refractivity contribution in [2.45, 2.75) is 44.6 Å². The van der Waals surface area contributed by atoms with E-state index in [0.717, 1.165) is 18.3 Å². The number of anilines is 1. The van der Waals surface area contributed by atoms with E-state index < -0.39 is 0 Å². The fraction of sp³-hybridized carbons (Fsp3) is 0.727. The van der Waals surface area contributed by atoms with Crippen LogP contribution < -0.4 is 19.5 Å². The molecule has 158 valence electrons. The molecule has 0 saturated carbocycles. The monoisotopic (exact) mass is 391 g/mol. The highest BCUT2D eigenvalue weighted by molar-refractivity contribution is 5.62. The Kier molecular flexibility index (Phi) is 8.10. The van der Waals surface area contributed by atoms with Crippen molar-refractivity contribution in [1.82, 2.24) is 9.80 Å². The number of piperidine rings is 1. The predicted molar refractivity (Wildman–Crippen MR) is 114 cm³/mol. The molecule has 0 aromatic heterocycles. The summed E-state index contributed by atoms with van der Waals surface area (Å²) >= 11 is 0. The first-order chi connectivity index (χ1) is 13.7. The van der Waals surface area contributed by atoms with Gasteiger partial charge in [-0.15, -0.1) is 0 Å². The lowest BCUT2D eigenvalue weighted by Gasteiger charge is -2.44. The van der Waals surface area contributed by atoms with Crippen LogP contribution in [0.2, 0.25) is 0 Å². The van der Waals surface area contributed by atoms with Gasteiger partial charge in [-0.2, -0.15) is 0 Å². The lowest BCUT2D eigenvalue weighted by atomic mass is 9.99. The van der Waals surface area contributed by atoms with Crippen LogP contribution in [0.1, 0.15) is 38.5 Å². The molecule has 0 amide bonds. The third-order valence-electron chi connectivity index (χ3n) is 6.07. The summed E-state index contributed by atoms with van der Waals surface area (Å²) in [4.78, 5) is 5.39. The Morgan fingerprint density at radius 3 is 2.43 bits per heavy atom. The van der Waals surface area contributed by atoms with Gasteiger partial charge in [0.15, 0.2) is 11.5 Å². The molecule has 28 heavy (non-hydrogen) atoms. The van der Waals surface area contributed by atoms with Gasteiger partial charge in [0.05, 0.1) is 21.3 Å². The summed E-state index contributed by atoms with van der Waals surface area (Å²) in [7, 11) is 4.92. The maximum Gasteiger partial charge on any atom is 0.203 e. The molecular formula is C22H37N3O3. The molecular weight excluding hydrogens is 354 g/mol. The van der Waals surface area contributed by atoms with Gasteiger partial charge in [0.2, 0.25) is 5.75 Å². The Hall–Kier alpha value is -1.66. The van der Waals surface area contributed by atoms with Crippen molar-refractivity contribution in [1.29, 1.82) is 0 Å². The minimum atomic E-state index is 0.633. The summed E-state index contributed by atoms with van der Waals surface area (Å²) < 4.78 is 16.2. The molecule has 2 fully saturated rings. The Labute approximate surface area is 170 Å². The zero-order chi connectivity index (χ0) is 19.8. The van der Waals surface area contributed by atoms with Gasteiger partial charge in [0.1, 0.15) is 0 Å². The summed E-state index contributed by atoms with van der Waals surface area (Å²) in [6.07, 6.45) is 7.91. The van der Waals surface area contributed by atoms with Crippen LogP contribution in [0.3, 0.4) is 0 Å². The zero-order valence-corrected chi connectivity index (χ0v) is 17.8. The molecule has 0 aliphatic carbocycles. The Morgan fingerprint density at radius 2 is 1.71 bits per heavy atom. The van der Waals surface area contributed by atoms with Gasteiger partial charge < -0.3 is 24.4 Å². The Bertz CT molecular complexity index is 586. The van der Waals surface area contributed by atoms with E-state index in [0.29, 0.717) is 17.2 Å². The van der Waals surface area contributed by atoms with Gasteiger partial charge in [-0.3, -0.25) is 4.90 Å². The minimum Gasteiger partial charge on any atom is -0.493 e. The highest BCUT2D eigenvalue weighted by Gasteiger charge is 2.28. The first-order valence-corrected chi connectivity index (χ1v) is 10.8. The molecule has 2 aliphatic heterocycles. The van der Waals surface area contributed by atoms with Crippen LogP contribution in [0, 0.1) is 0 Å².